The van der Waals surface area contributed by atoms with Crippen LogP contribution in [0.2, 0.25) is 0 Å². The predicted octanol–water partition coefficient (Wildman–Crippen LogP) is -0.590. The molecule has 0 unspecified atom stereocenters. The highest BCUT2D eigenvalue weighted by Crippen LogP contribution is 2.22. The van der Waals surface area contributed by atoms with Gasteiger partial charge >= 0.3 is 0 Å². The number of nitrogens with zero attached hydrogens (tertiary/aromatic N) is 3. The van der Waals surface area contributed by atoms with Crippen molar-refractivity contribution in [3.8, 4) is 0 Å². The summed E-state index contributed by atoms with van der Waals surface area (Å²) in [5.74, 6) is 0.863. The van der Waals surface area contributed by atoms with Crippen LogP contribution >= 0.6 is 0 Å². The Balaban J connectivity index is 1.77. The van der Waals surface area contributed by atoms with Gasteiger partial charge in [0.25, 0.3) is 0 Å². The van der Waals surface area contributed by atoms with Crippen LogP contribution in [-0.4, -0.2) is 93.2 Å². The summed E-state index contributed by atoms with van der Waals surface area (Å²) < 4.78 is 25.6. The fourth-order valence-electron chi connectivity index (χ4n) is 3.54. The largest absolute Gasteiger partial charge is 0.340 e. The predicted molar refractivity (Wildman–Crippen MR) is 90.7 cm³/mol. The van der Waals surface area contributed by atoms with Gasteiger partial charge in [-0.2, -0.15) is 0 Å². The van der Waals surface area contributed by atoms with Crippen LogP contribution in [0, 0.1) is 5.92 Å². The Morgan fingerprint density at radius 2 is 1.83 bits per heavy atom. The molecule has 0 spiro atoms. The van der Waals surface area contributed by atoms with Gasteiger partial charge in [0.2, 0.25) is 15.9 Å². The van der Waals surface area contributed by atoms with E-state index in [1.54, 1.807) is 13.8 Å². The van der Waals surface area contributed by atoms with Gasteiger partial charge in [-0.15, -0.1) is 0 Å². The number of nitrogens with one attached hydrogen (secondary N) is 1. The Kier molecular flexibility index (Phi) is 6.41. The number of likely N-dealkylation sites (tertiary alicyclic amines) is 1. The van der Waals surface area contributed by atoms with E-state index < -0.39 is 10.0 Å². The van der Waals surface area contributed by atoms with Gasteiger partial charge in [-0.1, -0.05) is 6.92 Å². The van der Waals surface area contributed by atoms with Crippen molar-refractivity contribution in [1.29, 1.82) is 0 Å². The summed E-state index contributed by atoms with van der Waals surface area (Å²) in [6, 6.07) is 0.506. The number of hydrogen-bond donors (Lipinski definition) is 1. The lowest BCUT2D eigenvalue weighted by Crippen LogP contribution is -2.53. The average molecular weight is 346 g/mol. The SMILES string of the molecule is CCS(=O)(=O)NCCN1C[C@@H](C)[C@H](N2CCN(C(C)=O)CC2)C1. The fraction of sp³-hybridized carbons (Fsp3) is 0.933. The van der Waals surface area contributed by atoms with E-state index in [0.29, 0.717) is 18.5 Å². The lowest BCUT2D eigenvalue weighted by Gasteiger charge is -2.39. The van der Waals surface area contributed by atoms with Crippen LogP contribution in [-0.2, 0) is 14.8 Å². The molecule has 7 nitrogen and oxygen atoms in total. The molecule has 2 fully saturated rings. The summed E-state index contributed by atoms with van der Waals surface area (Å²) in [6.07, 6.45) is 0. The second kappa shape index (κ2) is 7.92. The molecule has 0 bridgehead atoms. The summed E-state index contributed by atoms with van der Waals surface area (Å²) in [7, 11) is -3.10. The molecule has 0 radical (unpaired) electrons. The Hall–Kier alpha value is -0.700. The number of rotatable bonds is 6. The average Bonchev–Trinajstić information content (AvgIpc) is 2.88. The lowest BCUT2D eigenvalue weighted by atomic mass is 10.0. The smallest absolute Gasteiger partial charge is 0.219 e. The van der Waals surface area contributed by atoms with E-state index in [1.165, 1.54) is 0 Å². The molecule has 2 atom stereocenters. The minimum absolute atomic E-state index is 0.131. The van der Waals surface area contributed by atoms with Crippen molar-refractivity contribution >= 4 is 15.9 Å². The first-order chi connectivity index (χ1) is 10.8. The summed E-state index contributed by atoms with van der Waals surface area (Å²) in [5, 5.41) is 0. The van der Waals surface area contributed by atoms with E-state index >= 15 is 0 Å². The van der Waals surface area contributed by atoms with Crippen molar-refractivity contribution in [2.24, 2.45) is 5.92 Å². The van der Waals surface area contributed by atoms with E-state index in [0.717, 1.165) is 45.8 Å². The van der Waals surface area contributed by atoms with Crippen molar-refractivity contribution in [3.63, 3.8) is 0 Å². The standard InChI is InChI=1S/C15H30N4O3S/c1-4-23(21,22)16-5-6-17-11-13(2)15(12-17)19-9-7-18(8-10-19)14(3)20/h13,15-16H,4-12H2,1-3H3/t13-,15-/m1/s1. The first kappa shape index (κ1) is 18.6. The van der Waals surface area contributed by atoms with Crippen molar-refractivity contribution in [2.75, 3.05) is 58.1 Å². The molecule has 8 heteroatoms. The molecule has 2 aliphatic heterocycles. The number of carbonyl (C=O) groups excluding carboxylic acids is 1. The quantitative estimate of drug-likeness (QED) is 0.696. The summed E-state index contributed by atoms with van der Waals surface area (Å²) in [5.41, 5.74) is 0. The Morgan fingerprint density at radius 3 is 2.39 bits per heavy atom. The monoisotopic (exact) mass is 346 g/mol. The van der Waals surface area contributed by atoms with Gasteiger partial charge in [0.05, 0.1) is 5.75 Å². The maximum absolute atomic E-state index is 11.5. The van der Waals surface area contributed by atoms with E-state index in [2.05, 4.69) is 21.4 Å². The van der Waals surface area contributed by atoms with Crippen LogP contribution in [0.3, 0.4) is 0 Å². The number of carbonyl (C=O) groups is 1. The highest BCUT2D eigenvalue weighted by atomic mass is 32.2. The summed E-state index contributed by atoms with van der Waals surface area (Å²) >= 11 is 0. The van der Waals surface area contributed by atoms with E-state index in [9.17, 15) is 13.2 Å². The Morgan fingerprint density at radius 1 is 1.17 bits per heavy atom. The zero-order valence-electron chi connectivity index (χ0n) is 14.5. The van der Waals surface area contributed by atoms with Crippen LogP contribution in [0.15, 0.2) is 0 Å². The molecular weight excluding hydrogens is 316 g/mol. The van der Waals surface area contributed by atoms with Crippen LogP contribution in [0.25, 0.3) is 0 Å². The van der Waals surface area contributed by atoms with Crippen molar-refractivity contribution < 1.29 is 13.2 Å². The van der Waals surface area contributed by atoms with Crippen molar-refractivity contribution in [2.45, 2.75) is 26.8 Å². The molecule has 134 valence electrons. The maximum atomic E-state index is 11.5. The van der Waals surface area contributed by atoms with Gasteiger partial charge in [0, 0.05) is 65.3 Å². The van der Waals surface area contributed by atoms with Gasteiger partial charge < -0.3 is 9.80 Å². The van der Waals surface area contributed by atoms with Crippen LogP contribution in [0.4, 0.5) is 0 Å². The van der Waals surface area contributed by atoms with Crippen LogP contribution < -0.4 is 4.72 Å². The number of piperazine rings is 1. The molecule has 2 aliphatic rings. The van der Waals surface area contributed by atoms with E-state index in [4.69, 9.17) is 0 Å². The Labute approximate surface area is 140 Å². The molecule has 2 heterocycles. The minimum atomic E-state index is -3.10. The maximum Gasteiger partial charge on any atom is 0.219 e. The van der Waals surface area contributed by atoms with Gasteiger partial charge in [0.15, 0.2) is 0 Å². The second-order valence-corrected chi connectivity index (χ2v) is 8.74. The van der Waals surface area contributed by atoms with Gasteiger partial charge in [-0.05, 0) is 12.8 Å². The zero-order chi connectivity index (χ0) is 17.0. The third-order valence-corrected chi connectivity index (χ3v) is 6.41. The Bertz CT molecular complexity index is 503. The summed E-state index contributed by atoms with van der Waals surface area (Å²) in [4.78, 5) is 18.1. The molecule has 0 aromatic heterocycles. The van der Waals surface area contributed by atoms with Gasteiger partial charge in [-0.3, -0.25) is 9.69 Å². The molecule has 2 rings (SSSR count). The first-order valence-corrected chi connectivity index (χ1v) is 10.2. The zero-order valence-corrected chi connectivity index (χ0v) is 15.3. The molecule has 1 amide bonds. The highest BCUT2D eigenvalue weighted by molar-refractivity contribution is 7.89. The van der Waals surface area contributed by atoms with Gasteiger partial charge in [0.1, 0.15) is 0 Å². The van der Waals surface area contributed by atoms with Crippen LogP contribution in [0.1, 0.15) is 20.8 Å². The van der Waals surface area contributed by atoms with Crippen molar-refractivity contribution in [1.82, 2.24) is 19.4 Å². The first-order valence-electron chi connectivity index (χ1n) is 8.51. The highest BCUT2D eigenvalue weighted by Gasteiger charge is 2.35. The molecule has 0 saturated carbocycles. The third kappa shape index (κ3) is 5.14. The molecule has 1 N–H and O–H groups in total. The van der Waals surface area contributed by atoms with E-state index in [1.807, 2.05) is 4.90 Å². The molecule has 23 heavy (non-hydrogen) atoms. The molecule has 0 aromatic rings. The summed E-state index contributed by atoms with van der Waals surface area (Å²) in [6.45, 7) is 12.3. The van der Waals surface area contributed by atoms with Crippen LogP contribution in [0.5, 0.6) is 0 Å². The number of hydrogen-bond acceptors (Lipinski definition) is 5. The lowest BCUT2D eigenvalue weighted by molar-refractivity contribution is -0.130. The topological polar surface area (TPSA) is 73.0 Å². The fourth-order valence-corrected chi connectivity index (χ4v) is 4.14. The van der Waals surface area contributed by atoms with Gasteiger partial charge in [-0.25, -0.2) is 13.1 Å². The molecular formula is C15H30N4O3S. The number of amides is 1. The molecule has 0 aromatic carbocycles. The van der Waals surface area contributed by atoms with Crippen molar-refractivity contribution in [3.05, 3.63) is 0 Å². The normalized spacial score (nSPS) is 27.5. The third-order valence-electron chi connectivity index (χ3n) is 5.01. The molecule has 0 aliphatic carbocycles. The minimum Gasteiger partial charge on any atom is -0.340 e. The second-order valence-electron chi connectivity index (χ2n) is 6.64. The molecule has 2 saturated heterocycles. The number of sulfonamides is 1. The van der Waals surface area contributed by atoms with E-state index in [-0.39, 0.29) is 11.7 Å².